The Morgan fingerprint density at radius 1 is 1.24 bits per heavy atom. The van der Waals surface area contributed by atoms with Crippen molar-refractivity contribution >= 4 is 17.5 Å². The number of fused-ring (bicyclic) bond motifs is 2. The Balaban J connectivity index is 1.72. The van der Waals surface area contributed by atoms with E-state index in [1.165, 1.54) is 27.8 Å². The molecule has 0 N–H and O–H groups in total. The van der Waals surface area contributed by atoms with E-state index in [2.05, 4.69) is 31.0 Å². The minimum Gasteiger partial charge on any atom is -0.334 e. The van der Waals surface area contributed by atoms with Gasteiger partial charge in [-0.15, -0.1) is 11.6 Å². The van der Waals surface area contributed by atoms with Crippen LogP contribution in [-0.2, 0) is 37.0 Å². The second kappa shape index (κ2) is 8.16. The number of benzene rings is 1. The molecule has 1 heterocycles. The number of alkyl halides is 1. The monoisotopic (exact) mass is 407 g/mol. The number of hydrogen-bond donors (Lipinski definition) is 0. The summed E-state index contributed by atoms with van der Waals surface area (Å²) in [5.41, 5.74) is 9.27. The maximum atomic E-state index is 12.9. The molecule has 5 heteroatoms. The van der Waals surface area contributed by atoms with Gasteiger partial charge in [0.25, 0.3) is 0 Å². The van der Waals surface area contributed by atoms with E-state index in [4.69, 9.17) is 11.6 Å². The third-order valence-corrected chi connectivity index (χ3v) is 7.04. The van der Waals surface area contributed by atoms with Crippen LogP contribution in [0.25, 0.3) is 0 Å². The van der Waals surface area contributed by atoms with Gasteiger partial charge >= 0.3 is 0 Å². The number of carbonyl (C=O) groups excluding carboxylic acids is 1. The van der Waals surface area contributed by atoms with Crippen LogP contribution in [0.3, 0.4) is 0 Å². The number of amides is 1. The van der Waals surface area contributed by atoms with Crippen LogP contribution in [0.1, 0.15) is 57.3 Å². The van der Waals surface area contributed by atoms with Crippen LogP contribution in [0.4, 0.5) is 0 Å². The molecule has 1 atom stereocenters. The summed E-state index contributed by atoms with van der Waals surface area (Å²) in [6.45, 7) is 4.70. The molecule has 2 aliphatic rings. The molecule has 0 fully saturated rings. The minimum atomic E-state index is -0.0644. The Bertz CT molecular complexity index is 1010. The van der Waals surface area contributed by atoms with Crippen molar-refractivity contribution in [2.75, 3.05) is 5.88 Å². The van der Waals surface area contributed by atoms with Gasteiger partial charge in [0, 0.05) is 25.0 Å². The Labute approximate surface area is 177 Å². The molecular formula is C24H26ClN3O. The summed E-state index contributed by atoms with van der Waals surface area (Å²) in [4.78, 5) is 19.0. The summed E-state index contributed by atoms with van der Waals surface area (Å²) >= 11 is 6.00. The average molecular weight is 408 g/mol. The number of pyridine rings is 1. The van der Waals surface area contributed by atoms with Gasteiger partial charge in [-0.1, -0.05) is 0 Å². The number of nitriles is 1. The number of carbonyl (C=O) groups is 1. The highest BCUT2D eigenvalue weighted by Crippen LogP contribution is 2.35. The van der Waals surface area contributed by atoms with E-state index in [1.54, 1.807) is 0 Å². The topological polar surface area (TPSA) is 57.0 Å². The molecule has 2 aromatic rings. The second-order valence-corrected chi connectivity index (χ2v) is 8.49. The normalized spacial score (nSPS) is 17.4. The van der Waals surface area contributed by atoms with Crippen LogP contribution >= 0.6 is 11.6 Å². The zero-order chi connectivity index (χ0) is 20.5. The molecule has 150 valence electrons. The highest BCUT2D eigenvalue weighted by molar-refractivity contribution is 6.27. The second-order valence-electron chi connectivity index (χ2n) is 8.22. The van der Waals surface area contributed by atoms with Gasteiger partial charge in [-0.3, -0.25) is 9.78 Å². The quantitative estimate of drug-likeness (QED) is 0.714. The fourth-order valence-electron chi connectivity index (χ4n) is 5.08. The summed E-state index contributed by atoms with van der Waals surface area (Å²) in [7, 11) is 0. The van der Waals surface area contributed by atoms with E-state index in [0.29, 0.717) is 6.54 Å². The predicted molar refractivity (Wildman–Crippen MR) is 114 cm³/mol. The van der Waals surface area contributed by atoms with Crippen molar-refractivity contribution in [3.05, 3.63) is 63.0 Å². The lowest BCUT2D eigenvalue weighted by molar-refractivity contribution is -0.131. The van der Waals surface area contributed by atoms with Crippen molar-refractivity contribution in [2.24, 2.45) is 0 Å². The Morgan fingerprint density at radius 3 is 2.79 bits per heavy atom. The molecule has 1 unspecified atom stereocenters. The van der Waals surface area contributed by atoms with Crippen molar-refractivity contribution in [3.8, 4) is 6.07 Å². The van der Waals surface area contributed by atoms with Crippen molar-refractivity contribution in [3.63, 3.8) is 0 Å². The van der Waals surface area contributed by atoms with E-state index in [0.717, 1.165) is 55.2 Å². The SMILES string of the molecule is Cc1c(C)c2c(c(C#N)c1CN(C(=O)CCl)C1CCc3ccncc3C1)CCC2. The maximum absolute atomic E-state index is 12.9. The highest BCUT2D eigenvalue weighted by Gasteiger charge is 2.30. The molecule has 29 heavy (non-hydrogen) atoms. The number of nitrogens with zero attached hydrogens (tertiary/aromatic N) is 3. The van der Waals surface area contributed by atoms with Gasteiger partial charge < -0.3 is 4.90 Å². The van der Waals surface area contributed by atoms with Crippen LogP contribution in [-0.4, -0.2) is 27.7 Å². The largest absolute Gasteiger partial charge is 0.334 e. The Kier molecular flexibility index (Phi) is 5.61. The van der Waals surface area contributed by atoms with Crippen molar-refractivity contribution in [1.29, 1.82) is 5.26 Å². The fraction of sp³-hybridized carbons (Fsp3) is 0.458. The van der Waals surface area contributed by atoms with Crippen LogP contribution in [0.15, 0.2) is 18.5 Å². The first kappa shape index (κ1) is 19.9. The molecule has 0 saturated heterocycles. The lowest BCUT2D eigenvalue weighted by atomic mass is 9.86. The number of hydrogen-bond acceptors (Lipinski definition) is 3. The molecule has 4 nitrogen and oxygen atoms in total. The lowest BCUT2D eigenvalue weighted by Gasteiger charge is -2.36. The van der Waals surface area contributed by atoms with Gasteiger partial charge in [-0.05, 0) is 97.4 Å². The van der Waals surface area contributed by atoms with E-state index in [1.807, 2.05) is 17.3 Å². The van der Waals surface area contributed by atoms with Gasteiger partial charge in [0.2, 0.25) is 5.91 Å². The van der Waals surface area contributed by atoms with Gasteiger partial charge in [0.15, 0.2) is 0 Å². The van der Waals surface area contributed by atoms with Crippen LogP contribution in [0, 0.1) is 25.2 Å². The number of halogens is 1. The summed E-state index contributed by atoms with van der Waals surface area (Å²) in [6, 6.07) is 4.62. The first-order chi connectivity index (χ1) is 14.0. The molecule has 2 aliphatic carbocycles. The molecule has 4 rings (SSSR count). The lowest BCUT2D eigenvalue weighted by Crippen LogP contribution is -2.44. The fourth-order valence-corrected chi connectivity index (χ4v) is 5.24. The third kappa shape index (κ3) is 3.53. The average Bonchev–Trinajstić information content (AvgIpc) is 3.24. The molecular weight excluding hydrogens is 382 g/mol. The van der Waals surface area contributed by atoms with Gasteiger partial charge in [0.1, 0.15) is 5.88 Å². The van der Waals surface area contributed by atoms with Gasteiger partial charge in [-0.2, -0.15) is 5.26 Å². The third-order valence-electron chi connectivity index (χ3n) is 6.81. The highest BCUT2D eigenvalue weighted by atomic mass is 35.5. The molecule has 1 amide bonds. The standard InChI is InChI=1S/C24H26ClN3O/c1-15-16(2)23(22(12-26)21-5-3-4-20(15)21)14-28(24(29)11-25)19-7-6-17-8-9-27-13-18(17)10-19/h8-9,13,19H,3-7,10-11,14H2,1-2H3. The summed E-state index contributed by atoms with van der Waals surface area (Å²) in [5, 5.41) is 9.96. The van der Waals surface area contributed by atoms with E-state index in [9.17, 15) is 10.1 Å². The molecule has 0 bridgehead atoms. The van der Waals surface area contributed by atoms with Gasteiger partial charge in [0.05, 0.1) is 11.6 Å². The van der Waals surface area contributed by atoms with Gasteiger partial charge in [-0.25, -0.2) is 0 Å². The zero-order valence-electron chi connectivity index (χ0n) is 17.1. The zero-order valence-corrected chi connectivity index (χ0v) is 17.9. The summed E-state index contributed by atoms with van der Waals surface area (Å²) in [6.07, 6.45) is 9.48. The van der Waals surface area contributed by atoms with Crippen LogP contribution in [0.5, 0.6) is 0 Å². The maximum Gasteiger partial charge on any atom is 0.238 e. The molecule has 0 saturated carbocycles. The van der Waals surface area contributed by atoms with Crippen molar-refractivity contribution in [1.82, 2.24) is 9.88 Å². The van der Waals surface area contributed by atoms with E-state index in [-0.39, 0.29) is 17.8 Å². The first-order valence-electron chi connectivity index (χ1n) is 10.4. The molecule has 0 radical (unpaired) electrons. The Morgan fingerprint density at radius 2 is 2.03 bits per heavy atom. The first-order valence-corrected chi connectivity index (χ1v) is 10.9. The summed E-state index contributed by atoms with van der Waals surface area (Å²) in [5.74, 6) is -0.105. The number of aromatic nitrogens is 1. The van der Waals surface area contributed by atoms with E-state index >= 15 is 0 Å². The summed E-state index contributed by atoms with van der Waals surface area (Å²) < 4.78 is 0. The minimum absolute atomic E-state index is 0.0404. The molecule has 0 spiro atoms. The van der Waals surface area contributed by atoms with E-state index < -0.39 is 0 Å². The molecule has 0 aliphatic heterocycles. The molecule has 1 aromatic heterocycles. The predicted octanol–water partition coefficient (Wildman–Crippen LogP) is 4.18. The Hall–Kier alpha value is -2.38. The number of rotatable bonds is 4. The number of aryl methyl sites for hydroxylation is 1. The molecule has 1 aromatic carbocycles. The van der Waals surface area contributed by atoms with Crippen molar-refractivity contribution < 1.29 is 4.79 Å². The van der Waals surface area contributed by atoms with Crippen LogP contribution < -0.4 is 0 Å². The van der Waals surface area contributed by atoms with Crippen LogP contribution in [0.2, 0.25) is 0 Å². The smallest absolute Gasteiger partial charge is 0.238 e. The van der Waals surface area contributed by atoms with Crippen molar-refractivity contribution in [2.45, 2.75) is 65.0 Å².